The first kappa shape index (κ1) is 10.7. The van der Waals surface area contributed by atoms with Gasteiger partial charge in [-0.25, -0.2) is 0 Å². The van der Waals surface area contributed by atoms with Crippen LogP contribution in [0.2, 0.25) is 0 Å². The number of aryl methyl sites for hydroxylation is 1. The molecule has 0 atom stereocenters. The molecule has 0 saturated heterocycles. The van der Waals surface area contributed by atoms with Crippen LogP contribution in [0, 0.1) is 0 Å². The lowest BCUT2D eigenvalue weighted by molar-refractivity contribution is 0.546. The van der Waals surface area contributed by atoms with Crippen molar-refractivity contribution >= 4 is 33.5 Å². The van der Waals surface area contributed by atoms with Crippen molar-refractivity contribution in [2.24, 2.45) is 0 Å². The van der Waals surface area contributed by atoms with E-state index < -0.39 is 0 Å². The van der Waals surface area contributed by atoms with Crippen LogP contribution in [0.25, 0.3) is 21.7 Å². The maximum Gasteiger partial charge on any atom is 0.136 e. The fraction of sp³-hybridized carbons (Fsp3) is 0.200. The zero-order chi connectivity index (χ0) is 11.8. The Kier molecular flexibility index (Phi) is 2.60. The fourth-order valence-corrected chi connectivity index (χ4v) is 3.17. The summed E-state index contributed by atoms with van der Waals surface area (Å²) < 4.78 is 5.93. The fourth-order valence-electron chi connectivity index (χ4n) is 2.34. The highest BCUT2D eigenvalue weighted by molar-refractivity contribution is 7.98. The second-order valence-corrected chi connectivity index (χ2v) is 4.89. The Morgan fingerprint density at radius 3 is 2.71 bits per heavy atom. The van der Waals surface area contributed by atoms with Gasteiger partial charge in [0.1, 0.15) is 11.3 Å². The first-order valence-corrected chi connectivity index (χ1v) is 7.04. The van der Waals surface area contributed by atoms with Gasteiger partial charge in [0.25, 0.3) is 0 Å². The summed E-state index contributed by atoms with van der Waals surface area (Å²) in [7, 11) is 0. The Bertz CT molecular complexity index is 682. The largest absolute Gasteiger partial charge is 0.460 e. The van der Waals surface area contributed by atoms with Crippen molar-refractivity contribution in [2.45, 2.75) is 18.2 Å². The average Bonchev–Trinajstić information content (AvgIpc) is 2.76. The van der Waals surface area contributed by atoms with Crippen LogP contribution in [-0.2, 0) is 6.42 Å². The second kappa shape index (κ2) is 4.11. The van der Waals surface area contributed by atoms with Gasteiger partial charge >= 0.3 is 0 Å². The van der Waals surface area contributed by atoms with Crippen LogP contribution in [0.15, 0.2) is 45.7 Å². The van der Waals surface area contributed by atoms with Crippen LogP contribution >= 0.6 is 11.8 Å². The summed E-state index contributed by atoms with van der Waals surface area (Å²) in [6, 6.07) is 12.7. The number of rotatable bonds is 2. The van der Waals surface area contributed by atoms with E-state index in [1.54, 1.807) is 11.8 Å². The van der Waals surface area contributed by atoms with Gasteiger partial charge in [0, 0.05) is 11.8 Å². The van der Waals surface area contributed by atoms with Crippen molar-refractivity contribution in [3.8, 4) is 0 Å². The van der Waals surface area contributed by atoms with Crippen LogP contribution in [0.3, 0.4) is 0 Å². The van der Waals surface area contributed by atoms with Gasteiger partial charge in [-0.3, -0.25) is 0 Å². The molecule has 17 heavy (non-hydrogen) atoms. The molecular formula is C15H14OS. The molecule has 0 aliphatic heterocycles. The molecule has 0 spiro atoms. The van der Waals surface area contributed by atoms with Gasteiger partial charge < -0.3 is 4.42 Å². The molecule has 0 N–H and O–H groups in total. The van der Waals surface area contributed by atoms with Crippen LogP contribution in [0.4, 0.5) is 0 Å². The number of thioether (sulfide) groups is 1. The first-order chi connectivity index (χ1) is 8.35. The second-order valence-electron chi connectivity index (χ2n) is 4.07. The van der Waals surface area contributed by atoms with E-state index in [1.807, 2.05) is 0 Å². The summed E-state index contributed by atoms with van der Waals surface area (Å²) in [4.78, 5) is 1.29. The van der Waals surface area contributed by atoms with Crippen LogP contribution < -0.4 is 0 Å². The number of hydrogen-bond donors (Lipinski definition) is 0. The molecule has 0 bridgehead atoms. The summed E-state index contributed by atoms with van der Waals surface area (Å²) in [6.07, 6.45) is 3.06. The molecule has 3 rings (SSSR count). The minimum Gasteiger partial charge on any atom is -0.460 e. The van der Waals surface area contributed by atoms with Crippen molar-refractivity contribution in [1.29, 1.82) is 0 Å². The van der Waals surface area contributed by atoms with Gasteiger partial charge in [0.2, 0.25) is 0 Å². The number of benzene rings is 2. The van der Waals surface area contributed by atoms with Gasteiger partial charge in [-0.15, -0.1) is 11.8 Å². The standard InChI is InChI=1S/C15H14OS/c1-3-12-15(17-2)14-11-7-5-4-6-10(11)8-9-13(14)16-12/h4-9H,3H2,1-2H3. The van der Waals surface area contributed by atoms with E-state index in [-0.39, 0.29) is 0 Å². The molecule has 0 aliphatic carbocycles. The maximum absolute atomic E-state index is 5.93. The molecule has 2 aromatic carbocycles. The van der Waals surface area contributed by atoms with Gasteiger partial charge in [-0.05, 0) is 23.1 Å². The molecule has 2 heteroatoms. The predicted molar refractivity (Wildman–Crippen MR) is 74.9 cm³/mol. The van der Waals surface area contributed by atoms with E-state index >= 15 is 0 Å². The smallest absolute Gasteiger partial charge is 0.136 e. The van der Waals surface area contributed by atoms with Crippen molar-refractivity contribution in [1.82, 2.24) is 0 Å². The molecule has 0 aliphatic rings. The SMILES string of the molecule is CCc1oc2ccc3ccccc3c2c1SC. The molecule has 0 radical (unpaired) electrons. The summed E-state index contributed by atoms with van der Waals surface area (Å²) in [5.41, 5.74) is 1.00. The third kappa shape index (κ3) is 1.55. The molecule has 1 aromatic heterocycles. The summed E-state index contributed by atoms with van der Waals surface area (Å²) >= 11 is 1.78. The lowest BCUT2D eigenvalue weighted by Gasteiger charge is -2.00. The Morgan fingerprint density at radius 2 is 1.94 bits per heavy atom. The molecule has 3 aromatic rings. The topological polar surface area (TPSA) is 13.1 Å². The van der Waals surface area contributed by atoms with Crippen molar-refractivity contribution < 1.29 is 4.42 Å². The lowest BCUT2D eigenvalue weighted by Crippen LogP contribution is -1.78. The van der Waals surface area contributed by atoms with Crippen LogP contribution in [0.1, 0.15) is 12.7 Å². The monoisotopic (exact) mass is 242 g/mol. The molecule has 0 fully saturated rings. The Morgan fingerprint density at radius 1 is 1.12 bits per heavy atom. The summed E-state index contributed by atoms with van der Waals surface area (Å²) in [5, 5.41) is 3.84. The number of hydrogen-bond acceptors (Lipinski definition) is 2. The molecule has 86 valence electrons. The highest BCUT2D eigenvalue weighted by atomic mass is 32.2. The Hall–Kier alpha value is -1.41. The minimum absolute atomic E-state index is 0.944. The predicted octanol–water partition coefficient (Wildman–Crippen LogP) is 4.87. The van der Waals surface area contributed by atoms with Gasteiger partial charge in [-0.1, -0.05) is 37.3 Å². The first-order valence-electron chi connectivity index (χ1n) is 5.82. The summed E-state index contributed by atoms with van der Waals surface area (Å²) in [5.74, 6) is 1.10. The van der Waals surface area contributed by atoms with E-state index in [4.69, 9.17) is 4.42 Å². The molecular weight excluding hydrogens is 228 g/mol. The molecule has 1 heterocycles. The Labute approximate surface area is 105 Å². The van der Waals surface area contributed by atoms with E-state index in [2.05, 4.69) is 49.6 Å². The zero-order valence-electron chi connectivity index (χ0n) is 9.99. The molecule has 0 amide bonds. The van der Waals surface area contributed by atoms with Crippen LogP contribution in [0.5, 0.6) is 0 Å². The minimum atomic E-state index is 0.944. The number of fused-ring (bicyclic) bond motifs is 3. The van der Waals surface area contributed by atoms with Crippen molar-refractivity contribution in [2.75, 3.05) is 6.26 Å². The maximum atomic E-state index is 5.93. The zero-order valence-corrected chi connectivity index (χ0v) is 10.8. The molecule has 0 saturated carbocycles. The highest BCUT2D eigenvalue weighted by Crippen LogP contribution is 2.37. The van der Waals surface area contributed by atoms with Gasteiger partial charge in [-0.2, -0.15) is 0 Å². The van der Waals surface area contributed by atoms with Crippen molar-refractivity contribution in [3.05, 3.63) is 42.2 Å². The van der Waals surface area contributed by atoms with E-state index in [9.17, 15) is 0 Å². The molecule has 0 unspecified atom stereocenters. The number of furan rings is 1. The van der Waals surface area contributed by atoms with Gasteiger partial charge in [0.15, 0.2) is 0 Å². The van der Waals surface area contributed by atoms with E-state index in [1.165, 1.54) is 21.1 Å². The highest BCUT2D eigenvalue weighted by Gasteiger charge is 2.14. The van der Waals surface area contributed by atoms with Gasteiger partial charge in [0.05, 0.1) is 4.90 Å². The lowest BCUT2D eigenvalue weighted by atomic mass is 10.1. The normalized spacial score (nSPS) is 11.4. The quantitative estimate of drug-likeness (QED) is 0.595. The summed E-state index contributed by atoms with van der Waals surface area (Å²) in [6.45, 7) is 2.14. The third-order valence-electron chi connectivity index (χ3n) is 3.13. The van der Waals surface area contributed by atoms with E-state index in [0.717, 1.165) is 17.8 Å². The average molecular weight is 242 g/mol. The molecule has 1 nitrogen and oxygen atoms in total. The van der Waals surface area contributed by atoms with E-state index in [0.29, 0.717) is 0 Å². The van der Waals surface area contributed by atoms with Crippen LogP contribution in [-0.4, -0.2) is 6.26 Å². The third-order valence-corrected chi connectivity index (χ3v) is 3.97. The van der Waals surface area contributed by atoms with Crippen molar-refractivity contribution in [3.63, 3.8) is 0 Å². The Balaban J connectivity index is 2.51.